The van der Waals surface area contributed by atoms with Crippen molar-refractivity contribution in [2.75, 3.05) is 25.4 Å². The average molecular weight is 783 g/mol. The van der Waals surface area contributed by atoms with Crippen LogP contribution >= 0.6 is 23.2 Å². The molecule has 1 heterocycles. The molecular formula is C36H45Cl2N3O10S. The van der Waals surface area contributed by atoms with Crippen LogP contribution in [0.4, 0.5) is 0 Å². The number of unbranched alkanes of at least 4 members (excludes halogenated alkanes) is 1. The molecule has 3 aromatic rings. The molecule has 0 saturated heterocycles. The van der Waals surface area contributed by atoms with Crippen LogP contribution in [0.3, 0.4) is 0 Å². The second-order valence-electron chi connectivity index (χ2n) is 13.4. The molecule has 5 rings (SSSR count). The van der Waals surface area contributed by atoms with Crippen LogP contribution in [0, 0.1) is 0 Å². The molecule has 0 bridgehead atoms. The molecule has 2 aromatic carbocycles. The Balaban J connectivity index is 1.20. The van der Waals surface area contributed by atoms with E-state index in [0.29, 0.717) is 34.9 Å². The van der Waals surface area contributed by atoms with Crippen LogP contribution in [-0.2, 0) is 38.2 Å². The number of aryl methyl sites for hydroxylation is 1. The number of ether oxygens (including phenoxy) is 2. The minimum absolute atomic E-state index is 0.0242. The summed E-state index contributed by atoms with van der Waals surface area (Å²) in [6, 6.07) is 13.5. The Labute approximate surface area is 313 Å². The molecule has 2 saturated carbocycles. The average Bonchev–Trinajstić information content (AvgIpc) is 4.08. The monoisotopic (exact) mass is 781 g/mol. The first-order valence-corrected chi connectivity index (χ1v) is 19.6. The number of sulfonamides is 1. The number of hydrogen-bond donors (Lipinski definition) is 6. The molecule has 16 heteroatoms. The quantitative estimate of drug-likeness (QED) is 0.0918. The normalized spacial score (nSPS) is 17.6. The summed E-state index contributed by atoms with van der Waals surface area (Å²) in [6.45, 7) is -1.12. The number of aliphatic hydroxyl groups is 5. The Bertz CT molecular complexity index is 1810. The van der Waals surface area contributed by atoms with Gasteiger partial charge in [0.2, 0.25) is 10.0 Å². The number of halogens is 2. The highest BCUT2D eigenvalue weighted by Gasteiger charge is 2.48. The summed E-state index contributed by atoms with van der Waals surface area (Å²) in [4.78, 5) is 18.4. The number of rotatable bonds is 20. The van der Waals surface area contributed by atoms with E-state index in [1.54, 1.807) is 18.3 Å². The van der Waals surface area contributed by atoms with Gasteiger partial charge in [0.1, 0.15) is 24.1 Å². The van der Waals surface area contributed by atoms with Gasteiger partial charge in [0.25, 0.3) is 5.91 Å². The van der Waals surface area contributed by atoms with Crippen LogP contribution in [0.1, 0.15) is 55.2 Å². The highest BCUT2D eigenvalue weighted by atomic mass is 35.5. The van der Waals surface area contributed by atoms with E-state index in [-0.39, 0.29) is 25.8 Å². The summed E-state index contributed by atoms with van der Waals surface area (Å²) in [7, 11) is -3.98. The largest absolute Gasteiger partial charge is 0.490 e. The third-order valence-electron chi connectivity index (χ3n) is 9.32. The van der Waals surface area contributed by atoms with E-state index in [0.717, 1.165) is 58.6 Å². The third-order valence-corrected chi connectivity index (χ3v) is 10.8. The van der Waals surface area contributed by atoms with Gasteiger partial charge in [0, 0.05) is 46.7 Å². The van der Waals surface area contributed by atoms with Crippen molar-refractivity contribution in [3.05, 3.63) is 81.6 Å². The second-order valence-corrected chi connectivity index (χ2v) is 15.9. The third kappa shape index (κ3) is 10.4. The van der Waals surface area contributed by atoms with Gasteiger partial charge >= 0.3 is 0 Å². The SMILES string of the molecule is NS(=O)(=O)CCN(CCCCc1cc(Cl)c(COC2(c3cnccc3-c3ccccc3OC3CC3)CC2)cc1Cl)C(=O)[C@H](O)[C@@H](O)[C@H](O)[C@H](O)CO. The first kappa shape index (κ1) is 40.3. The number of benzene rings is 2. The van der Waals surface area contributed by atoms with E-state index in [1.807, 2.05) is 36.5 Å². The minimum atomic E-state index is -3.98. The molecule has 2 fully saturated rings. The molecule has 2 aliphatic rings. The van der Waals surface area contributed by atoms with Crippen molar-refractivity contribution in [1.82, 2.24) is 9.88 Å². The van der Waals surface area contributed by atoms with Gasteiger partial charge in [0.05, 0.1) is 30.7 Å². The number of nitrogens with two attached hydrogens (primary N) is 1. The van der Waals surface area contributed by atoms with E-state index in [9.17, 15) is 33.6 Å². The maximum absolute atomic E-state index is 13.0. The zero-order valence-electron chi connectivity index (χ0n) is 28.5. The first-order chi connectivity index (χ1) is 24.7. The number of pyridine rings is 1. The van der Waals surface area contributed by atoms with Crippen molar-refractivity contribution in [2.24, 2.45) is 5.14 Å². The number of carbonyl (C=O) groups is 1. The van der Waals surface area contributed by atoms with Gasteiger partial charge in [-0.3, -0.25) is 9.78 Å². The van der Waals surface area contributed by atoms with Gasteiger partial charge in [-0.05, 0) is 85.9 Å². The molecule has 0 aliphatic heterocycles. The molecule has 0 spiro atoms. The highest BCUT2D eigenvalue weighted by molar-refractivity contribution is 7.89. The fourth-order valence-corrected chi connectivity index (χ4v) is 6.94. The zero-order chi connectivity index (χ0) is 37.6. The number of amides is 1. The Morgan fingerprint density at radius 2 is 1.67 bits per heavy atom. The predicted molar refractivity (Wildman–Crippen MR) is 194 cm³/mol. The molecule has 2 aliphatic carbocycles. The van der Waals surface area contributed by atoms with Gasteiger partial charge in [0.15, 0.2) is 6.10 Å². The molecule has 7 N–H and O–H groups in total. The van der Waals surface area contributed by atoms with Crippen molar-refractivity contribution in [2.45, 2.75) is 87.7 Å². The maximum Gasteiger partial charge on any atom is 0.254 e. The summed E-state index contributed by atoms with van der Waals surface area (Å²) in [6.07, 6.45) is 0.716. The van der Waals surface area contributed by atoms with E-state index < -0.39 is 58.3 Å². The number of para-hydroxylation sites is 1. The Kier molecular flexibility index (Phi) is 13.6. The van der Waals surface area contributed by atoms with Crippen LogP contribution in [-0.4, -0.2) is 106 Å². The van der Waals surface area contributed by atoms with E-state index in [2.05, 4.69) is 4.98 Å². The maximum atomic E-state index is 13.0. The zero-order valence-corrected chi connectivity index (χ0v) is 30.8. The molecule has 284 valence electrons. The van der Waals surface area contributed by atoms with E-state index in [1.165, 1.54) is 0 Å². The molecule has 0 unspecified atom stereocenters. The Morgan fingerprint density at radius 1 is 0.981 bits per heavy atom. The Morgan fingerprint density at radius 3 is 2.35 bits per heavy atom. The molecule has 52 heavy (non-hydrogen) atoms. The molecule has 4 atom stereocenters. The number of nitrogens with zero attached hydrogens (tertiary/aromatic N) is 2. The van der Waals surface area contributed by atoms with Crippen molar-refractivity contribution in [3.63, 3.8) is 0 Å². The van der Waals surface area contributed by atoms with Crippen LogP contribution < -0.4 is 9.88 Å². The number of aromatic nitrogens is 1. The standard InChI is InChI=1S/C36H45Cl2N3O10S/c37-28-18-23(21-50-36(11-12-36)27-19-40-13-10-25(27)26-6-1-2-7-31(26)51-24-8-9-24)29(38)17-22(28)5-3-4-14-41(15-16-52(39,48)49)35(47)34(46)33(45)32(44)30(43)20-42/h1-2,6-7,10,13,17-19,24,30,32-34,42-46H,3-5,8-9,11-12,14-16,20-21H2,(H2,39,48,49)/t30-,32-,33+,34-/m1/s1. The van der Waals surface area contributed by atoms with Gasteiger partial charge < -0.3 is 39.9 Å². The molecule has 13 nitrogen and oxygen atoms in total. The summed E-state index contributed by atoms with van der Waals surface area (Å²) in [5, 5.41) is 55.1. The summed E-state index contributed by atoms with van der Waals surface area (Å²) in [5.41, 5.74) is 3.92. The smallest absolute Gasteiger partial charge is 0.254 e. The van der Waals surface area contributed by atoms with Crippen LogP contribution in [0.2, 0.25) is 10.0 Å². The number of aliphatic hydroxyl groups excluding tert-OH is 5. The number of hydrogen-bond acceptors (Lipinski definition) is 11. The van der Waals surface area contributed by atoms with Gasteiger partial charge in [-0.1, -0.05) is 41.4 Å². The fourth-order valence-electron chi connectivity index (χ4n) is 5.95. The van der Waals surface area contributed by atoms with E-state index >= 15 is 0 Å². The number of carbonyl (C=O) groups excluding carboxylic acids is 1. The van der Waals surface area contributed by atoms with Crippen molar-refractivity contribution in [3.8, 4) is 16.9 Å². The lowest BCUT2D eigenvalue weighted by Crippen LogP contribution is -2.53. The Hall–Kier alpha value is -2.89. The molecule has 1 aromatic heterocycles. The number of primary sulfonamides is 1. The van der Waals surface area contributed by atoms with Gasteiger partial charge in [-0.25, -0.2) is 13.6 Å². The summed E-state index contributed by atoms with van der Waals surface area (Å²) >= 11 is 13.4. The highest BCUT2D eigenvalue weighted by Crippen LogP contribution is 2.53. The molecule has 1 amide bonds. The van der Waals surface area contributed by atoms with Crippen molar-refractivity contribution < 1.29 is 48.2 Å². The van der Waals surface area contributed by atoms with Crippen molar-refractivity contribution in [1.29, 1.82) is 0 Å². The topological polar surface area (TPSA) is 213 Å². The van der Waals surface area contributed by atoms with Crippen LogP contribution in [0.15, 0.2) is 54.9 Å². The second kappa shape index (κ2) is 17.5. The van der Waals surface area contributed by atoms with Crippen molar-refractivity contribution >= 4 is 39.1 Å². The fraction of sp³-hybridized carbons (Fsp3) is 0.500. The van der Waals surface area contributed by atoms with Crippen LogP contribution in [0.25, 0.3) is 11.1 Å². The van der Waals surface area contributed by atoms with Gasteiger partial charge in [-0.2, -0.15) is 0 Å². The van der Waals surface area contributed by atoms with Crippen LogP contribution in [0.5, 0.6) is 5.75 Å². The minimum Gasteiger partial charge on any atom is -0.490 e. The molecular weight excluding hydrogens is 737 g/mol. The molecule has 0 radical (unpaired) electrons. The van der Waals surface area contributed by atoms with E-state index in [4.69, 9.17) is 42.9 Å². The lowest BCUT2D eigenvalue weighted by Gasteiger charge is -2.30. The lowest BCUT2D eigenvalue weighted by atomic mass is 9.96. The summed E-state index contributed by atoms with van der Waals surface area (Å²) in [5.74, 6) is -0.846. The summed E-state index contributed by atoms with van der Waals surface area (Å²) < 4.78 is 35.9. The predicted octanol–water partition coefficient (Wildman–Crippen LogP) is 2.68. The lowest BCUT2D eigenvalue weighted by molar-refractivity contribution is -0.158. The first-order valence-electron chi connectivity index (χ1n) is 17.2. The van der Waals surface area contributed by atoms with Gasteiger partial charge in [-0.15, -0.1) is 0 Å².